The standard InChI is InChI=1S/3C25H24FNO4.C9H12.Ca/c3*26-17-9-7-15(8-10-17)24-20-3-1-2-4-22(20)27-25(16-5-6-16)21(24)12-11-18(28)13-19(29)14-23(30)31;1-8(2)9-6-4-3-5-7-9;/h3*1-4,7-12,16,18-19,28-29H,5-6,13-14H2,(H,30,31);3-8H,1-2H3;/q;;;;+2/p-2/b3*12-11+;;/t3*18-,19-;;/m111../s1. The monoisotopic (exact) mass is 1420 g/mol. The summed E-state index contributed by atoms with van der Waals surface area (Å²) >= 11 is 0. The molecule has 10 aromatic rings. The molecular weight excluding hydrogens is 1340 g/mol. The van der Waals surface area contributed by atoms with Crippen LogP contribution in [0.5, 0.6) is 0 Å². The first-order chi connectivity index (χ1) is 49.1. The Morgan fingerprint density at radius 2 is 0.689 bits per heavy atom. The van der Waals surface area contributed by atoms with Crippen LogP contribution >= 0.6 is 0 Å². The zero-order valence-electron chi connectivity index (χ0n) is 57.3. The van der Waals surface area contributed by atoms with Gasteiger partial charge in [0.2, 0.25) is 0 Å². The van der Waals surface area contributed by atoms with Crippen molar-refractivity contribution in [3.63, 3.8) is 0 Å². The third-order valence-electron chi connectivity index (χ3n) is 17.8. The third-order valence-corrected chi connectivity index (χ3v) is 17.8. The fraction of sp³-hybridized carbons (Fsp3) is 0.286. The van der Waals surface area contributed by atoms with Crippen molar-refractivity contribution in [2.24, 2.45) is 0 Å². The molecule has 3 aliphatic carbocycles. The number of hydrogen-bond donors (Lipinski definition) is 7. The number of benzene rings is 7. The molecule has 15 nitrogen and oxygen atoms in total. The van der Waals surface area contributed by atoms with Crippen molar-refractivity contribution < 1.29 is 73.5 Å². The maximum absolute atomic E-state index is 13.6. The average molecular weight is 1420 g/mol. The van der Waals surface area contributed by atoms with Gasteiger partial charge in [-0.3, -0.25) is 19.7 Å². The van der Waals surface area contributed by atoms with Crippen molar-refractivity contribution in [3.05, 3.63) is 251 Å². The zero-order chi connectivity index (χ0) is 72.6. The molecule has 19 heteroatoms. The molecule has 3 fully saturated rings. The van der Waals surface area contributed by atoms with Crippen LogP contribution in [0, 0.1) is 17.5 Å². The molecule has 0 saturated heterocycles. The zero-order valence-corrected chi connectivity index (χ0v) is 59.5. The Balaban J connectivity index is 0.000000168. The number of pyridine rings is 3. The molecule has 103 heavy (non-hydrogen) atoms. The first-order valence-electron chi connectivity index (χ1n) is 34.4. The minimum absolute atomic E-state index is 0. The molecule has 7 N–H and O–H groups in total. The van der Waals surface area contributed by atoms with Gasteiger partial charge in [0.1, 0.15) is 17.5 Å². The van der Waals surface area contributed by atoms with Gasteiger partial charge in [0.15, 0.2) is 0 Å². The van der Waals surface area contributed by atoms with E-state index in [1.54, 1.807) is 72.9 Å². The predicted molar refractivity (Wildman–Crippen MR) is 392 cm³/mol. The van der Waals surface area contributed by atoms with Crippen LogP contribution in [0.1, 0.15) is 154 Å². The molecule has 3 heterocycles. The van der Waals surface area contributed by atoms with Gasteiger partial charge in [-0.05, 0) is 121 Å². The number of para-hydroxylation sites is 3. The van der Waals surface area contributed by atoms with E-state index in [1.807, 2.05) is 78.9 Å². The summed E-state index contributed by atoms with van der Waals surface area (Å²) in [5.41, 5.74) is 14.6. The first kappa shape index (κ1) is 78.3. The number of fused-ring (bicyclic) bond motifs is 3. The van der Waals surface area contributed by atoms with Crippen LogP contribution < -0.4 is 10.2 Å². The van der Waals surface area contributed by atoms with Gasteiger partial charge in [0, 0.05) is 111 Å². The molecule has 0 spiro atoms. The third kappa shape index (κ3) is 22.4. The van der Waals surface area contributed by atoms with Crippen molar-refractivity contribution in [2.45, 2.75) is 151 Å². The van der Waals surface area contributed by atoms with Crippen LogP contribution in [0.4, 0.5) is 13.2 Å². The normalized spacial score (nSPS) is 15.3. The molecule has 6 atom stereocenters. The fourth-order valence-electron chi connectivity index (χ4n) is 12.4. The van der Waals surface area contributed by atoms with E-state index < -0.39 is 73.8 Å². The second kappa shape index (κ2) is 37.1. The van der Waals surface area contributed by atoms with E-state index in [4.69, 9.17) is 20.1 Å². The van der Waals surface area contributed by atoms with Crippen molar-refractivity contribution in [3.8, 4) is 33.4 Å². The summed E-state index contributed by atoms with van der Waals surface area (Å²) in [7, 11) is 0. The number of carboxylic acid groups (broad SMARTS) is 3. The Morgan fingerprint density at radius 1 is 0.417 bits per heavy atom. The summed E-state index contributed by atoms with van der Waals surface area (Å²) in [6.45, 7) is 4.41. The number of rotatable bonds is 25. The van der Waals surface area contributed by atoms with Crippen LogP contribution in [0.2, 0.25) is 0 Å². The number of aliphatic hydroxyl groups is 6. The first-order valence-corrected chi connectivity index (χ1v) is 34.4. The molecule has 3 aliphatic rings. The van der Waals surface area contributed by atoms with Gasteiger partial charge in [-0.25, -0.2) is 13.2 Å². The number of carbonyl (C=O) groups excluding carboxylic acids is 2. The summed E-state index contributed by atoms with van der Waals surface area (Å²) in [6, 6.07) is 52.7. The quantitative estimate of drug-likeness (QED) is 0.0262. The van der Waals surface area contributed by atoms with E-state index in [-0.39, 0.29) is 74.5 Å². The maximum Gasteiger partial charge on any atom is 2.00 e. The molecule has 0 aliphatic heterocycles. The topological polar surface area (TPSA) is 278 Å². The largest absolute Gasteiger partial charge is 2.00 e. The molecule has 528 valence electrons. The van der Waals surface area contributed by atoms with E-state index in [2.05, 4.69) is 38.1 Å². The number of hydrogen-bond acceptors (Lipinski definition) is 14. The van der Waals surface area contributed by atoms with Crippen molar-refractivity contribution in [1.29, 1.82) is 0 Å². The van der Waals surface area contributed by atoms with E-state index in [0.29, 0.717) is 23.7 Å². The SMILES string of the molecule is CC(C)c1ccccc1.O=C(O)C[C@H](O)C[C@H](O)/C=C/c1c(C2CC2)nc2ccccc2c1-c1ccc(F)cc1.O=C([O-])C[C@H](O)C[C@H](O)/C=C/c1c(C2CC2)nc2ccccc2c1-c1ccc(F)cc1.O=C([O-])C[C@H](O)C[C@H](O)/C=C/c1c(C2CC2)nc2ccccc2c1-c1ccc(F)cc1.[Ca+2]. The Bertz CT molecular complexity index is 4190. The number of aromatic nitrogens is 3. The smallest absolute Gasteiger partial charge is 0.550 e. The van der Waals surface area contributed by atoms with Gasteiger partial charge in [-0.2, -0.15) is 0 Å². The molecule has 0 bridgehead atoms. The van der Waals surface area contributed by atoms with Crippen molar-refractivity contribution in [1.82, 2.24) is 15.0 Å². The van der Waals surface area contributed by atoms with Gasteiger partial charge < -0.3 is 55.5 Å². The second-order valence-electron chi connectivity index (χ2n) is 26.5. The van der Waals surface area contributed by atoms with Crippen LogP contribution in [0.3, 0.4) is 0 Å². The summed E-state index contributed by atoms with van der Waals surface area (Å²) in [5, 5.41) is 93.2. The van der Waals surface area contributed by atoms with E-state index in [9.17, 15) is 68.4 Å². The fourth-order valence-corrected chi connectivity index (χ4v) is 12.4. The van der Waals surface area contributed by atoms with Crippen LogP contribution in [-0.4, -0.2) is 143 Å². The van der Waals surface area contributed by atoms with Gasteiger partial charge in [-0.1, -0.05) is 172 Å². The van der Waals surface area contributed by atoms with Gasteiger partial charge in [0.05, 0.1) is 76.7 Å². The molecule has 3 saturated carbocycles. The number of nitrogens with zero attached hydrogens (tertiary/aromatic N) is 3. The van der Waals surface area contributed by atoms with Crippen molar-refractivity contribution in [2.75, 3.05) is 0 Å². The summed E-state index contributed by atoms with van der Waals surface area (Å²) in [5.74, 6) is -3.16. The summed E-state index contributed by atoms with van der Waals surface area (Å²) in [4.78, 5) is 46.7. The minimum atomic E-state index is -1.36. The van der Waals surface area contributed by atoms with E-state index in [0.717, 1.165) is 138 Å². The molecule has 7 aromatic carbocycles. The molecule has 0 radical (unpaired) electrons. The number of carboxylic acids is 3. The number of aliphatic carboxylic acids is 3. The van der Waals surface area contributed by atoms with Gasteiger partial charge in [-0.15, -0.1) is 0 Å². The Morgan fingerprint density at radius 3 is 0.942 bits per heavy atom. The molecule has 13 rings (SSSR count). The van der Waals surface area contributed by atoms with Gasteiger partial charge >= 0.3 is 43.7 Å². The molecular formula is C84H82CaF3N3O12. The Labute approximate surface area is 626 Å². The van der Waals surface area contributed by atoms with E-state index >= 15 is 0 Å². The van der Waals surface area contributed by atoms with E-state index in [1.165, 1.54) is 42.0 Å². The summed E-state index contributed by atoms with van der Waals surface area (Å²) < 4.78 is 40.7. The van der Waals surface area contributed by atoms with Crippen LogP contribution in [-0.2, 0) is 14.4 Å². The van der Waals surface area contributed by atoms with Crippen LogP contribution in [0.25, 0.3) is 84.3 Å². The van der Waals surface area contributed by atoms with Gasteiger partial charge in [0.25, 0.3) is 0 Å². The second-order valence-corrected chi connectivity index (χ2v) is 26.5. The Hall–Kier alpha value is -8.79. The average Bonchev–Trinajstić information content (AvgIpc) is 1.76. The van der Waals surface area contributed by atoms with Crippen LogP contribution in [0.15, 0.2) is 194 Å². The summed E-state index contributed by atoms with van der Waals surface area (Å²) in [6.07, 6.45) is 7.82. The number of aliphatic hydroxyl groups excluding tert-OH is 6. The number of halogens is 3. The minimum Gasteiger partial charge on any atom is -0.550 e. The molecule has 0 unspecified atom stereocenters. The Kier molecular flexibility index (Phi) is 28.2. The van der Waals surface area contributed by atoms with Crippen molar-refractivity contribution >= 4 is 107 Å². The maximum atomic E-state index is 13.6. The number of carbonyl (C=O) groups is 3. The molecule has 0 amide bonds. The predicted octanol–water partition coefficient (Wildman–Crippen LogP) is 13.3. The molecule has 3 aromatic heterocycles.